The maximum absolute atomic E-state index is 12.4. The van der Waals surface area contributed by atoms with Gasteiger partial charge >= 0.3 is 6.03 Å². The third-order valence-corrected chi connectivity index (χ3v) is 5.09. The van der Waals surface area contributed by atoms with Crippen molar-refractivity contribution < 1.29 is 4.79 Å². The largest absolute Gasteiger partial charge is 0.340 e. The molecular weight excluding hydrogens is 334 g/mol. The van der Waals surface area contributed by atoms with Gasteiger partial charge in [0.05, 0.1) is 34.3 Å². The zero-order valence-electron chi connectivity index (χ0n) is 15.2. The fourth-order valence-electron chi connectivity index (χ4n) is 2.64. The molecule has 0 aliphatic heterocycles. The van der Waals surface area contributed by atoms with Crippen molar-refractivity contribution in [1.82, 2.24) is 25.2 Å². The van der Waals surface area contributed by atoms with Gasteiger partial charge in [0.25, 0.3) is 0 Å². The van der Waals surface area contributed by atoms with E-state index < -0.39 is 0 Å². The van der Waals surface area contributed by atoms with Crippen LogP contribution in [0.3, 0.4) is 0 Å². The number of hydrogen-bond donors (Lipinski definition) is 2. The van der Waals surface area contributed by atoms with Gasteiger partial charge in [0.15, 0.2) is 0 Å². The average molecular weight is 357 g/mol. The van der Waals surface area contributed by atoms with Crippen molar-refractivity contribution in [3.05, 3.63) is 45.2 Å². The summed E-state index contributed by atoms with van der Waals surface area (Å²) in [5, 5.41) is 5.94. The number of rotatable bonds is 4. The topological polar surface area (TPSA) is 73.9 Å². The Kier molecular flexibility index (Phi) is 4.76. The van der Waals surface area contributed by atoms with Gasteiger partial charge in [-0.05, 0) is 51.0 Å². The van der Waals surface area contributed by atoms with Gasteiger partial charge in [0, 0.05) is 12.4 Å². The fraction of sp³-hybridized carbons (Fsp3) is 0.389. The van der Waals surface area contributed by atoms with Gasteiger partial charge in [-0.2, -0.15) is 0 Å². The second-order valence-corrected chi connectivity index (χ2v) is 7.52. The normalized spacial score (nSPS) is 12.4. The number of nitrogens with one attached hydrogen (secondary N) is 2. The van der Waals surface area contributed by atoms with Crippen molar-refractivity contribution in [2.75, 3.05) is 7.05 Å². The lowest BCUT2D eigenvalue weighted by molar-refractivity contribution is 0.202. The Hall–Kier alpha value is -2.41. The summed E-state index contributed by atoms with van der Waals surface area (Å²) in [7, 11) is 1.76. The summed E-state index contributed by atoms with van der Waals surface area (Å²) in [6, 6.07) is 3.89. The third kappa shape index (κ3) is 3.82. The number of carbonyl (C=O) groups excluding carboxylic acids is 1. The van der Waals surface area contributed by atoms with Crippen molar-refractivity contribution in [1.29, 1.82) is 0 Å². The van der Waals surface area contributed by atoms with Crippen LogP contribution in [0.25, 0.3) is 11.0 Å². The van der Waals surface area contributed by atoms with Crippen LogP contribution < -0.4 is 5.32 Å². The summed E-state index contributed by atoms with van der Waals surface area (Å²) < 4.78 is 0. The number of H-pyrrole nitrogens is 1. The third-order valence-electron chi connectivity index (χ3n) is 4.30. The molecule has 0 saturated heterocycles. The van der Waals surface area contributed by atoms with Crippen LogP contribution >= 0.6 is 11.3 Å². The van der Waals surface area contributed by atoms with E-state index in [1.54, 1.807) is 23.3 Å². The molecule has 1 aromatic carbocycles. The van der Waals surface area contributed by atoms with Crippen LogP contribution in [0.1, 0.15) is 40.6 Å². The first-order valence-corrected chi connectivity index (χ1v) is 9.11. The Morgan fingerprint density at radius 1 is 1.28 bits per heavy atom. The predicted octanol–water partition coefficient (Wildman–Crippen LogP) is 3.85. The summed E-state index contributed by atoms with van der Waals surface area (Å²) in [5.74, 6) is 0.773. The Morgan fingerprint density at radius 3 is 2.68 bits per heavy atom. The fourth-order valence-corrected chi connectivity index (χ4v) is 3.35. The molecule has 3 rings (SSSR count). The van der Waals surface area contributed by atoms with E-state index in [0.717, 1.165) is 27.6 Å². The smallest absolute Gasteiger partial charge is 0.318 e. The second-order valence-electron chi connectivity index (χ2n) is 6.46. The first-order valence-electron chi connectivity index (χ1n) is 8.23. The number of aryl methyl sites for hydroxylation is 3. The lowest BCUT2D eigenvalue weighted by Crippen LogP contribution is -2.38. The molecule has 2 N–H and O–H groups in total. The quantitative estimate of drug-likeness (QED) is 0.745. The van der Waals surface area contributed by atoms with Gasteiger partial charge in [-0.15, -0.1) is 11.3 Å². The number of benzene rings is 1. The number of imidazole rings is 1. The number of carbonyl (C=O) groups is 1. The Labute approximate surface area is 151 Å². The van der Waals surface area contributed by atoms with E-state index in [1.165, 1.54) is 11.1 Å². The average Bonchev–Trinajstić information content (AvgIpc) is 3.13. The summed E-state index contributed by atoms with van der Waals surface area (Å²) >= 11 is 1.58. The van der Waals surface area contributed by atoms with Crippen LogP contribution in [-0.2, 0) is 6.54 Å². The summed E-state index contributed by atoms with van der Waals surface area (Å²) in [6.07, 6.45) is 0. The molecule has 2 aromatic heterocycles. The van der Waals surface area contributed by atoms with Gasteiger partial charge in [-0.3, -0.25) is 0 Å². The van der Waals surface area contributed by atoms with E-state index >= 15 is 0 Å². The van der Waals surface area contributed by atoms with Crippen LogP contribution in [0.2, 0.25) is 0 Å². The van der Waals surface area contributed by atoms with Crippen LogP contribution in [0.15, 0.2) is 17.5 Å². The number of hydrogen-bond acceptors (Lipinski definition) is 4. The van der Waals surface area contributed by atoms with E-state index in [4.69, 9.17) is 0 Å². The van der Waals surface area contributed by atoms with Crippen LogP contribution in [0.4, 0.5) is 4.79 Å². The summed E-state index contributed by atoms with van der Waals surface area (Å²) in [6.45, 7) is 8.47. The van der Waals surface area contributed by atoms with Crippen molar-refractivity contribution in [3.63, 3.8) is 0 Å². The number of urea groups is 1. The second kappa shape index (κ2) is 6.84. The molecular formula is C18H23N5OS. The van der Waals surface area contributed by atoms with Crippen LogP contribution in [0.5, 0.6) is 0 Å². The van der Waals surface area contributed by atoms with E-state index in [0.29, 0.717) is 6.54 Å². The molecule has 6 nitrogen and oxygen atoms in total. The van der Waals surface area contributed by atoms with E-state index in [-0.39, 0.29) is 12.1 Å². The summed E-state index contributed by atoms with van der Waals surface area (Å²) in [5.41, 5.74) is 5.25. The Bertz CT molecular complexity index is 874. The number of amides is 2. The maximum Gasteiger partial charge on any atom is 0.318 e. The molecule has 0 aliphatic rings. The lowest BCUT2D eigenvalue weighted by Gasteiger charge is -2.19. The molecule has 0 saturated carbocycles. The van der Waals surface area contributed by atoms with Gasteiger partial charge in [-0.1, -0.05) is 0 Å². The van der Waals surface area contributed by atoms with Crippen molar-refractivity contribution in [3.8, 4) is 0 Å². The van der Waals surface area contributed by atoms with Gasteiger partial charge in [0.1, 0.15) is 5.82 Å². The van der Waals surface area contributed by atoms with Crippen molar-refractivity contribution in [2.24, 2.45) is 0 Å². The molecule has 0 bridgehead atoms. The van der Waals surface area contributed by atoms with Gasteiger partial charge in [0.2, 0.25) is 0 Å². The molecule has 3 aromatic rings. The minimum Gasteiger partial charge on any atom is -0.340 e. The van der Waals surface area contributed by atoms with Gasteiger partial charge < -0.3 is 15.2 Å². The molecule has 2 heterocycles. The molecule has 0 fully saturated rings. The summed E-state index contributed by atoms with van der Waals surface area (Å²) in [4.78, 5) is 26.3. The number of thiazole rings is 1. The first-order chi connectivity index (χ1) is 11.8. The first kappa shape index (κ1) is 17.4. The number of aromatic amines is 1. The minimum atomic E-state index is -0.147. The molecule has 25 heavy (non-hydrogen) atoms. The van der Waals surface area contributed by atoms with Crippen molar-refractivity contribution >= 4 is 28.4 Å². The molecule has 7 heteroatoms. The zero-order chi connectivity index (χ0) is 18.1. The molecule has 132 valence electrons. The molecule has 0 aliphatic carbocycles. The van der Waals surface area contributed by atoms with Crippen molar-refractivity contribution in [2.45, 2.75) is 40.3 Å². The zero-order valence-corrected chi connectivity index (χ0v) is 16.0. The van der Waals surface area contributed by atoms with E-state index in [2.05, 4.69) is 46.2 Å². The predicted molar refractivity (Wildman–Crippen MR) is 101 cm³/mol. The Morgan fingerprint density at radius 2 is 2.00 bits per heavy atom. The van der Waals surface area contributed by atoms with E-state index in [9.17, 15) is 4.79 Å². The molecule has 0 radical (unpaired) electrons. The highest BCUT2D eigenvalue weighted by Gasteiger charge is 2.16. The molecule has 0 spiro atoms. The van der Waals surface area contributed by atoms with Crippen LogP contribution in [-0.4, -0.2) is 32.9 Å². The minimum absolute atomic E-state index is 0.124. The highest BCUT2D eigenvalue weighted by molar-refractivity contribution is 7.09. The standard InChI is InChI=1S/C18H23N5OS/c1-10-6-14-15(7-11(10)2)22-17(21-14)8-23(5)18(24)19-12(3)16-9-25-13(4)20-16/h6-7,9,12H,8H2,1-5H3,(H,19,24)(H,21,22)/t12-/m0/s1. The maximum atomic E-state index is 12.4. The highest BCUT2D eigenvalue weighted by Crippen LogP contribution is 2.18. The lowest BCUT2D eigenvalue weighted by atomic mass is 10.1. The van der Waals surface area contributed by atoms with Crippen LogP contribution in [0, 0.1) is 20.8 Å². The Balaban J connectivity index is 1.66. The number of aromatic nitrogens is 3. The monoisotopic (exact) mass is 357 g/mol. The molecule has 1 atom stereocenters. The van der Waals surface area contributed by atoms with Gasteiger partial charge in [-0.25, -0.2) is 14.8 Å². The number of nitrogens with zero attached hydrogens (tertiary/aromatic N) is 3. The molecule has 0 unspecified atom stereocenters. The highest BCUT2D eigenvalue weighted by atomic mass is 32.1. The SMILES string of the molecule is Cc1nc([C@H](C)NC(=O)N(C)Cc2nc3cc(C)c(C)cc3[nH]2)cs1. The number of fused-ring (bicyclic) bond motifs is 1. The molecule has 2 amide bonds. The van der Waals surface area contributed by atoms with E-state index in [1.807, 2.05) is 19.2 Å².